The van der Waals surface area contributed by atoms with Gasteiger partial charge < -0.3 is 10.5 Å². The van der Waals surface area contributed by atoms with Crippen LogP contribution < -0.4 is 10.5 Å². The van der Waals surface area contributed by atoms with Crippen LogP contribution in [0.3, 0.4) is 0 Å². The van der Waals surface area contributed by atoms with Crippen LogP contribution in [0.2, 0.25) is 0 Å². The van der Waals surface area contributed by atoms with Crippen molar-refractivity contribution in [2.24, 2.45) is 23.5 Å². The summed E-state index contributed by atoms with van der Waals surface area (Å²) in [4.78, 5) is 0. The highest BCUT2D eigenvalue weighted by Gasteiger charge is 2.35. The summed E-state index contributed by atoms with van der Waals surface area (Å²) in [5.74, 6) is 3.88. The predicted octanol–water partition coefficient (Wildman–Crippen LogP) is 3.95. The Morgan fingerprint density at radius 3 is 2.70 bits per heavy atom. The fourth-order valence-corrected chi connectivity index (χ4v) is 4.04. The van der Waals surface area contributed by atoms with Gasteiger partial charge in [0.2, 0.25) is 0 Å². The standard InChI is InChI=1S/C18H27NO/c1-12-7-8-14(11-13(12)2)18(19)16-9-10-20-17-6-4-3-5-15(16)17/h3-6,12-14,16,18H,7-11,19H2,1-2H3. The van der Waals surface area contributed by atoms with Crippen molar-refractivity contribution in [2.45, 2.75) is 51.5 Å². The quantitative estimate of drug-likeness (QED) is 0.885. The molecular weight excluding hydrogens is 246 g/mol. The molecule has 1 fully saturated rings. The normalized spacial score (nSPS) is 35.0. The first kappa shape index (κ1) is 13.9. The minimum absolute atomic E-state index is 0.287. The smallest absolute Gasteiger partial charge is 0.122 e. The van der Waals surface area contributed by atoms with Crippen molar-refractivity contribution in [1.29, 1.82) is 0 Å². The van der Waals surface area contributed by atoms with Gasteiger partial charge in [-0.05, 0) is 48.6 Å². The van der Waals surface area contributed by atoms with Crippen LogP contribution in [0, 0.1) is 17.8 Å². The van der Waals surface area contributed by atoms with Crippen LogP contribution in [0.15, 0.2) is 24.3 Å². The van der Waals surface area contributed by atoms with E-state index in [4.69, 9.17) is 10.5 Å². The van der Waals surface area contributed by atoms with Crippen molar-refractivity contribution in [3.05, 3.63) is 29.8 Å². The number of hydrogen-bond donors (Lipinski definition) is 1. The summed E-state index contributed by atoms with van der Waals surface area (Å²) in [6, 6.07) is 8.74. The maximum atomic E-state index is 6.69. The van der Waals surface area contributed by atoms with Crippen molar-refractivity contribution < 1.29 is 4.74 Å². The van der Waals surface area contributed by atoms with E-state index in [0.717, 1.165) is 30.6 Å². The zero-order chi connectivity index (χ0) is 14.1. The van der Waals surface area contributed by atoms with E-state index in [1.54, 1.807) is 0 Å². The number of nitrogens with two attached hydrogens (primary N) is 1. The number of rotatable bonds is 2. The summed E-state index contributed by atoms with van der Waals surface area (Å²) in [5, 5.41) is 0. The maximum Gasteiger partial charge on any atom is 0.122 e. The first-order valence-electron chi connectivity index (χ1n) is 8.14. The summed E-state index contributed by atoms with van der Waals surface area (Å²) in [6.45, 7) is 5.59. The van der Waals surface area contributed by atoms with Gasteiger partial charge in [0.05, 0.1) is 6.61 Å². The molecule has 0 amide bonds. The highest BCUT2D eigenvalue weighted by atomic mass is 16.5. The molecule has 1 aromatic carbocycles. The van der Waals surface area contributed by atoms with Crippen molar-refractivity contribution in [3.8, 4) is 5.75 Å². The van der Waals surface area contributed by atoms with E-state index < -0.39 is 0 Å². The van der Waals surface area contributed by atoms with E-state index in [9.17, 15) is 0 Å². The molecule has 20 heavy (non-hydrogen) atoms. The molecule has 1 saturated carbocycles. The summed E-state index contributed by atoms with van der Waals surface area (Å²) in [7, 11) is 0. The van der Waals surface area contributed by atoms with Crippen molar-refractivity contribution in [2.75, 3.05) is 6.61 Å². The Bertz CT molecular complexity index is 458. The molecule has 3 rings (SSSR count). The molecule has 0 bridgehead atoms. The molecule has 0 spiro atoms. The van der Waals surface area contributed by atoms with Gasteiger partial charge in [0, 0.05) is 12.0 Å². The lowest BCUT2D eigenvalue weighted by molar-refractivity contribution is 0.159. The largest absolute Gasteiger partial charge is 0.493 e. The lowest BCUT2D eigenvalue weighted by atomic mass is 9.69. The Hall–Kier alpha value is -1.02. The van der Waals surface area contributed by atoms with Crippen LogP contribution in [0.4, 0.5) is 0 Å². The number of ether oxygens (including phenoxy) is 1. The zero-order valence-corrected chi connectivity index (χ0v) is 12.7. The number of hydrogen-bond acceptors (Lipinski definition) is 2. The Kier molecular flexibility index (Phi) is 4.02. The Labute approximate surface area is 122 Å². The van der Waals surface area contributed by atoms with E-state index in [0.29, 0.717) is 11.8 Å². The molecule has 0 aromatic heterocycles. The third-order valence-electron chi connectivity index (χ3n) is 5.65. The molecule has 0 radical (unpaired) electrons. The van der Waals surface area contributed by atoms with Gasteiger partial charge in [-0.25, -0.2) is 0 Å². The molecule has 1 aromatic rings. The van der Waals surface area contributed by atoms with Gasteiger partial charge >= 0.3 is 0 Å². The van der Waals surface area contributed by atoms with Gasteiger partial charge in [-0.1, -0.05) is 38.5 Å². The number of para-hydroxylation sites is 1. The average molecular weight is 273 g/mol. The van der Waals surface area contributed by atoms with E-state index in [1.807, 2.05) is 0 Å². The van der Waals surface area contributed by atoms with Crippen molar-refractivity contribution in [3.63, 3.8) is 0 Å². The molecule has 2 nitrogen and oxygen atoms in total. The first-order chi connectivity index (χ1) is 9.66. The van der Waals surface area contributed by atoms with Crippen LogP contribution in [-0.4, -0.2) is 12.6 Å². The topological polar surface area (TPSA) is 35.2 Å². The van der Waals surface area contributed by atoms with Gasteiger partial charge in [0.15, 0.2) is 0 Å². The molecular formula is C18H27NO. The summed E-state index contributed by atoms with van der Waals surface area (Å²) in [6.07, 6.45) is 5.00. The van der Waals surface area contributed by atoms with E-state index in [-0.39, 0.29) is 6.04 Å². The van der Waals surface area contributed by atoms with E-state index in [2.05, 4.69) is 38.1 Å². The molecule has 2 N–H and O–H groups in total. The second-order valence-electron chi connectivity index (χ2n) is 6.89. The minimum Gasteiger partial charge on any atom is -0.493 e. The highest BCUT2D eigenvalue weighted by molar-refractivity contribution is 5.38. The van der Waals surface area contributed by atoms with E-state index >= 15 is 0 Å². The summed E-state index contributed by atoms with van der Waals surface area (Å²) in [5.41, 5.74) is 8.02. The lowest BCUT2D eigenvalue weighted by Crippen LogP contribution is -2.41. The molecule has 2 heteroatoms. The molecule has 5 unspecified atom stereocenters. The third kappa shape index (κ3) is 2.58. The lowest BCUT2D eigenvalue weighted by Gasteiger charge is -2.40. The third-order valence-corrected chi connectivity index (χ3v) is 5.65. The fraction of sp³-hybridized carbons (Fsp3) is 0.667. The van der Waals surface area contributed by atoms with Crippen LogP contribution in [-0.2, 0) is 0 Å². The minimum atomic E-state index is 0.287. The maximum absolute atomic E-state index is 6.69. The predicted molar refractivity (Wildman–Crippen MR) is 82.9 cm³/mol. The monoisotopic (exact) mass is 273 g/mol. The average Bonchev–Trinajstić information content (AvgIpc) is 2.49. The number of benzene rings is 1. The summed E-state index contributed by atoms with van der Waals surface area (Å²) < 4.78 is 5.77. The van der Waals surface area contributed by atoms with Crippen molar-refractivity contribution in [1.82, 2.24) is 0 Å². The zero-order valence-electron chi connectivity index (χ0n) is 12.7. The number of fused-ring (bicyclic) bond motifs is 1. The highest BCUT2D eigenvalue weighted by Crippen LogP contribution is 2.42. The fourth-order valence-electron chi connectivity index (χ4n) is 4.04. The molecule has 2 aliphatic rings. The first-order valence-corrected chi connectivity index (χ1v) is 8.14. The Balaban J connectivity index is 1.76. The van der Waals surface area contributed by atoms with Crippen LogP contribution >= 0.6 is 0 Å². The summed E-state index contributed by atoms with van der Waals surface area (Å²) >= 11 is 0. The molecule has 1 heterocycles. The Morgan fingerprint density at radius 2 is 1.90 bits per heavy atom. The van der Waals surface area contributed by atoms with Crippen LogP contribution in [0.1, 0.15) is 51.0 Å². The van der Waals surface area contributed by atoms with Gasteiger partial charge in [-0.2, -0.15) is 0 Å². The molecule has 1 aliphatic heterocycles. The van der Waals surface area contributed by atoms with Gasteiger partial charge in [-0.15, -0.1) is 0 Å². The van der Waals surface area contributed by atoms with Gasteiger partial charge in [-0.3, -0.25) is 0 Å². The second-order valence-corrected chi connectivity index (χ2v) is 6.89. The van der Waals surface area contributed by atoms with Gasteiger partial charge in [0.25, 0.3) is 0 Å². The van der Waals surface area contributed by atoms with Gasteiger partial charge in [0.1, 0.15) is 5.75 Å². The molecule has 110 valence electrons. The molecule has 0 saturated heterocycles. The second kappa shape index (κ2) is 5.77. The SMILES string of the molecule is CC1CCC(C(N)C2CCOc3ccccc32)CC1C. The van der Waals surface area contributed by atoms with Crippen molar-refractivity contribution >= 4 is 0 Å². The van der Waals surface area contributed by atoms with Crippen LogP contribution in [0.5, 0.6) is 5.75 Å². The Morgan fingerprint density at radius 1 is 1.10 bits per heavy atom. The van der Waals surface area contributed by atoms with E-state index in [1.165, 1.54) is 24.8 Å². The van der Waals surface area contributed by atoms with Crippen LogP contribution in [0.25, 0.3) is 0 Å². The molecule has 1 aliphatic carbocycles. The molecule has 5 atom stereocenters.